The van der Waals surface area contributed by atoms with E-state index < -0.39 is 9.84 Å². The summed E-state index contributed by atoms with van der Waals surface area (Å²) in [5.41, 5.74) is 1.67. The van der Waals surface area contributed by atoms with Gasteiger partial charge in [-0.25, -0.2) is 18.1 Å². The monoisotopic (exact) mass is 428 g/mol. The lowest BCUT2D eigenvalue weighted by atomic mass is 9.96. The predicted octanol–water partition coefficient (Wildman–Crippen LogP) is 2.66. The third-order valence-corrected chi connectivity index (χ3v) is 6.78. The number of hydrogen-bond donors (Lipinski definition) is 0. The van der Waals surface area contributed by atoms with Crippen LogP contribution in [0.15, 0.2) is 41.6 Å². The first-order valence-electron chi connectivity index (χ1n) is 10.2. The fourth-order valence-electron chi connectivity index (χ4n) is 3.96. The molecule has 0 saturated carbocycles. The van der Waals surface area contributed by atoms with E-state index in [1.165, 1.54) is 6.26 Å². The Bertz CT molecular complexity index is 1130. The largest absolute Gasteiger partial charge is 0.300 e. The van der Waals surface area contributed by atoms with Crippen LogP contribution in [0.3, 0.4) is 0 Å². The molecule has 3 heterocycles. The molecule has 0 bridgehead atoms. The molecule has 3 aromatic rings. The summed E-state index contributed by atoms with van der Waals surface area (Å²) in [7, 11) is -1.38. The molecule has 9 heteroatoms. The number of aromatic nitrogens is 5. The maximum absolute atomic E-state index is 11.8. The summed E-state index contributed by atoms with van der Waals surface area (Å²) in [6.07, 6.45) is 7.04. The second-order valence-corrected chi connectivity index (χ2v) is 10.3. The van der Waals surface area contributed by atoms with Crippen LogP contribution in [0.5, 0.6) is 0 Å². The fourth-order valence-corrected chi connectivity index (χ4v) is 4.59. The first-order valence-corrected chi connectivity index (χ1v) is 12.1. The third-order valence-electron chi connectivity index (χ3n) is 5.65. The van der Waals surface area contributed by atoms with Crippen LogP contribution in [0.4, 0.5) is 0 Å². The van der Waals surface area contributed by atoms with E-state index in [0.29, 0.717) is 16.8 Å². The van der Waals surface area contributed by atoms with Gasteiger partial charge >= 0.3 is 0 Å². The maximum atomic E-state index is 11.8. The molecule has 8 nitrogen and oxygen atoms in total. The molecule has 30 heavy (non-hydrogen) atoms. The zero-order valence-electron chi connectivity index (χ0n) is 17.9. The van der Waals surface area contributed by atoms with Crippen LogP contribution in [0, 0.1) is 0 Å². The van der Waals surface area contributed by atoms with Crippen molar-refractivity contribution >= 4 is 9.84 Å². The first kappa shape index (κ1) is 20.7. The van der Waals surface area contributed by atoms with Crippen molar-refractivity contribution in [1.29, 1.82) is 0 Å². The topological polar surface area (TPSA) is 85.9 Å². The van der Waals surface area contributed by atoms with E-state index in [1.807, 2.05) is 17.9 Å². The van der Waals surface area contributed by atoms with E-state index in [0.717, 1.165) is 43.0 Å². The number of likely N-dealkylation sites (tertiary alicyclic amines) is 1. The Balaban J connectivity index is 1.77. The van der Waals surface area contributed by atoms with Crippen molar-refractivity contribution in [3.05, 3.63) is 42.5 Å². The van der Waals surface area contributed by atoms with Crippen molar-refractivity contribution < 1.29 is 8.42 Å². The van der Waals surface area contributed by atoms with E-state index >= 15 is 0 Å². The van der Waals surface area contributed by atoms with Gasteiger partial charge in [0.1, 0.15) is 5.82 Å². The van der Waals surface area contributed by atoms with Crippen molar-refractivity contribution in [3.8, 4) is 17.1 Å². The molecule has 0 N–H and O–H groups in total. The number of nitrogens with zero attached hydrogens (tertiary/aromatic N) is 6. The van der Waals surface area contributed by atoms with Crippen LogP contribution in [-0.4, -0.2) is 63.2 Å². The number of rotatable bonds is 5. The molecule has 1 aliphatic rings. The molecule has 0 radical (unpaired) electrons. The highest BCUT2D eigenvalue weighted by Crippen LogP contribution is 2.30. The highest BCUT2D eigenvalue weighted by Gasteiger charge is 2.28. The summed E-state index contributed by atoms with van der Waals surface area (Å²) in [5, 5.41) is 9.03. The van der Waals surface area contributed by atoms with Gasteiger partial charge in [0.05, 0.1) is 22.3 Å². The van der Waals surface area contributed by atoms with Crippen LogP contribution < -0.4 is 0 Å². The summed E-state index contributed by atoms with van der Waals surface area (Å²) >= 11 is 0. The molecule has 0 aliphatic carbocycles. The van der Waals surface area contributed by atoms with Gasteiger partial charge in [-0.15, -0.1) is 5.10 Å². The fraction of sp³-hybridized carbons (Fsp3) is 0.476. The van der Waals surface area contributed by atoms with Crippen LogP contribution in [0.25, 0.3) is 17.1 Å². The Morgan fingerprint density at radius 2 is 1.90 bits per heavy atom. The van der Waals surface area contributed by atoms with Gasteiger partial charge in [-0.3, -0.25) is 4.68 Å². The summed E-state index contributed by atoms with van der Waals surface area (Å²) < 4.78 is 27.3. The second kappa shape index (κ2) is 7.96. The molecule has 1 saturated heterocycles. The average Bonchev–Trinajstić information content (AvgIpc) is 3.34. The smallest absolute Gasteiger partial charge is 0.185 e. The molecule has 0 spiro atoms. The molecule has 1 aliphatic heterocycles. The van der Waals surface area contributed by atoms with Gasteiger partial charge in [-0.1, -0.05) is 0 Å². The van der Waals surface area contributed by atoms with Crippen LogP contribution >= 0.6 is 0 Å². The number of benzene rings is 1. The Labute approximate surface area is 177 Å². The molecule has 4 rings (SSSR count). The number of hydrogen-bond acceptors (Lipinski definition) is 6. The van der Waals surface area contributed by atoms with Crippen molar-refractivity contribution in [3.63, 3.8) is 0 Å². The minimum Gasteiger partial charge on any atom is -0.300 e. The number of piperidine rings is 1. The second-order valence-electron chi connectivity index (χ2n) is 8.30. The normalized spacial score (nSPS) is 18.2. The highest BCUT2D eigenvalue weighted by molar-refractivity contribution is 7.90. The van der Waals surface area contributed by atoms with Gasteiger partial charge in [0, 0.05) is 38.0 Å². The average molecular weight is 429 g/mol. The molecule has 1 atom stereocenters. The molecular formula is C21H28N6O2S. The minimum atomic E-state index is -3.25. The Hall–Kier alpha value is -2.52. The van der Waals surface area contributed by atoms with E-state index in [4.69, 9.17) is 10.1 Å². The van der Waals surface area contributed by atoms with E-state index in [9.17, 15) is 8.42 Å². The molecule has 1 unspecified atom stereocenters. The summed E-state index contributed by atoms with van der Waals surface area (Å²) in [6, 6.07) is 7.33. The molecule has 2 aromatic heterocycles. The number of aryl methyl sites for hydroxylation is 1. The van der Waals surface area contributed by atoms with Crippen molar-refractivity contribution in [2.75, 3.05) is 19.3 Å². The summed E-state index contributed by atoms with van der Waals surface area (Å²) in [6.45, 7) is 6.47. The van der Waals surface area contributed by atoms with Crippen LogP contribution in [-0.2, 0) is 16.9 Å². The maximum Gasteiger partial charge on any atom is 0.185 e. The van der Waals surface area contributed by atoms with Gasteiger partial charge in [0.2, 0.25) is 0 Å². The Morgan fingerprint density at radius 1 is 1.17 bits per heavy atom. The lowest BCUT2D eigenvalue weighted by Crippen LogP contribution is -2.39. The van der Waals surface area contributed by atoms with E-state index in [2.05, 4.69) is 23.8 Å². The molecule has 1 aromatic carbocycles. The third kappa shape index (κ3) is 4.17. The van der Waals surface area contributed by atoms with Gasteiger partial charge < -0.3 is 4.90 Å². The van der Waals surface area contributed by atoms with Gasteiger partial charge in [0.25, 0.3) is 0 Å². The first-order chi connectivity index (χ1) is 14.2. The molecule has 1 fully saturated rings. The van der Waals surface area contributed by atoms with Crippen LogP contribution in [0.2, 0.25) is 0 Å². The van der Waals surface area contributed by atoms with Gasteiger partial charge in [0.15, 0.2) is 15.7 Å². The highest BCUT2D eigenvalue weighted by atomic mass is 32.2. The molecular weight excluding hydrogens is 400 g/mol. The summed E-state index contributed by atoms with van der Waals surface area (Å²) in [5.74, 6) is 1.80. The van der Waals surface area contributed by atoms with E-state index in [-0.39, 0.29) is 5.92 Å². The Morgan fingerprint density at radius 3 is 2.50 bits per heavy atom. The molecule has 0 amide bonds. The lowest BCUT2D eigenvalue weighted by molar-refractivity contribution is 0.164. The van der Waals surface area contributed by atoms with Crippen molar-refractivity contribution in [2.24, 2.45) is 7.05 Å². The quantitative estimate of drug-likeness (QED) is 0.621. The lowest BCUT2D eigenvalue weighted by Gasteiger charge is -2.35. The van der Waals surface area contributed by atoms with E-state index in [1.54, 1.807) is 35.1 Å². The Kier molecular flexibility index (Phi) is 5.50. The van der Waals surface area contributed by atoms with Gasteiger partial charge in [-0.2, -0.15) is 5.10 Å². The standard InChI is InChI=1S/C21H28N6O2S/c1-15(2)26-11-5-6-16(14-26)21-23-20(17-12-22-25(3)13-17)24-27(21)18-7-9-19(10-8-18)30(4,28)29/h7-10,12-13,15-16H,5-6,11,14H2,1-4H3. The molecule has 160 valence electrons. The van der Waals surface area contributed by atoms with Crippen molar-refractivity contribution in [1.82, 2.24) is 29.4 Å². The SMILES string of the molecule is CC(C)N1CCCC(c2nc(-c3cnn(C)c3)nn2-c2ccc(S(C)(=O)=O)cc2)C1. The summed E-state index contributed by atoms with van der Waals surface area (Å²) in [4.78, 5) is 7.68. The zero-order valence-corrected chi connectivity index (χ0v) is 18.7. The number of sulfone groups is 1. The minimum absolute atomic E-state index is 0.258. The predicted molar refractivity (Wildman–Crippen MR) is 115 cm³/mol. The van der Waals surface area contributed by atoms with Crippen molar-refractivity contribution in [2.45, 2.75) is 43.5 Å². The van der Waals surface area contributed by atoms with Crippen LogP contribution in [0.1, 0.15) is 38.4 Å². The zero-order chi connectivity index (χ0) is 21.5. The van der Waals surface area contributed by atoms with Gasteiger partial charge in [-0.05, 0) is 57.5 Å².